The first-order valence-corrected chi connectivity index (χ1v) is 10.7. The summed E-state index contributed by atoms with van der Waals surface area (Å²) in [7, 11) is 0. The second-order valence-corrected chi connectivity index (χ2v) is 8.80. The molecule has 0 spiro atoms. The molecule has 1 heterocycles. The van der Waals surface area contributed by atoms with Crippen LogP contribution < -0.4 is 0 Å². The van der Waals surface area contributed by atoms with Gasteiger partial charge in [0.05, 0.1) is 12.0 Å². The van der Waals surface area contributed by atoms with Crippen LogP contribution >= 0.6 is 11.8 Å². The van der Waals surface area contributed by atoms with Crippen molar-refractivity contribution in [2.24, 2.45) is 11.8 Å². The second kappa shape index (κ2) is 9.69. The van der Waals surface area contributed by atoms with Crippen molar-refractivity contribution in [2.45, 2.75) is 83.6 Å². The Morgan fingerprint density at radius 1 is 1.25 bits per heavy atom. The highest BCUT2D eigenvalue weighted by Crippen LogP contribution is 2.35. The minimum absolute atomic E-state index is 0.125. The standard InChI is InChI=1S/C19H33NO3S/c1-4-11-23-19(22)16-13-24-18(12-14(2)3)20(16)17(21)10-9-15-7-5-6-8-15/h14-16,18H,4-13H2,1-3H3. The van der Waals surface area contributed by atoms with Crippen LogP contribution in [-0.4, -0.2) is 40.6 Å². The molecular weight excluding hydrogens is 322 g/mol. The predicted molar refractivity (Wildman–Crippen MR) is 98.8 cm³/mol. The first kappa shape index (κ1) is 19.6. The zero-order valence-electron chi connectivity index (χ0n) is 15.5. The number of amides is 1. The van der Waals surface area contributed by atoms with Crippen LogP contribution in [-0.2, 0) is 14.3 Å². The molecule has 0 aromatic rings. The van der Waals surface area contributed by atoms with Crippen LogP contribution in [0, 0.1) is 11.8 Å². The van der Waals surface area contributed by atoms with Crippen LogP contribution in [0.2, 0.25) is 0 Å². The van der Waals surface area contributed by atoms with Crippen molar-refractivity contribution in [1.29, 1.82) is 0 Å². The Bertz CT molecular complexity index is 421. The molecule has 24 heavy (non-hydrogen) atoms. The van der Waals surface area contributed by atoms with Crippen LogP contribution in [0.5, 0.6) is 0 Å². The van der Waals surface area contributed by atoms with E-state index >= 15 is 0 Å². The summed E-state index contributed by atoms with van der Waals surface area (Å²) in [6.07, 6.45) is 8.45. The molecule has 0 aromatic heterocycles. The molecule has 138 valence electrons. The van der Waals surface area contributed by atoms with Gasteiger partial charge in [-0.1, -0.05) is 46.5 Å². The van der Waals surface area contributed by atoms with E-state index < -0.39 is 0 Å². The average molecular weight is 356 g/mol. The Morgan fingerprint density at radius 3 is 2.58 bits per heavy atom. The van der Waals surface area contributed by atoms with Crippen LogP contribution in [0.1, 0.15) is 72.1 Å². The molecule has 1 saturated heterocycles. The number of carbonyl (C=O) groups excluding carboxylic acids is 2. The van der Waals surface area contributed by atoms with E-state index in [0.29, 0.717) is 30.6 Å². The molecule has 2 atom stereocenters. The SMILES string of the molecule is CCCOC(=O)C1CSC(CC(C)C)N1C(=O)CCC1CCCC1. The molecule has 0 aromatic carbocycles. The molecule has 1 amide bonds. The molecule has 0 radical (unpaired) electrons. The Balaban J connectivity index is 1.98. The third-order valence-electron chi connectivity index (χ3n) is 5.02. The number of thioether (sulfide) groups is 1. The van der Waals surface area contributed by atoms with Gasteiger partial charge in [0, 0.05) is 12.2 Å². The molecule has 2 unspecified atom stereocenters. The van der Waals surface area contributed by atoms with Crippen molar-refractivity contribution in [3.63, 3.8) is 0 Å². The number of ether oxygens (including phenoxy) is 1. The van der Waals surface area contributed by atoms with Crippen LogP contribution in [0.15, 0.2) is 0 Å². The molecule has 0 bridgehead atoms. The van der Waals surface area contributed by atoms with Crippen molar-refractivity contribution in [3.8, 4) is 0 Å². The van der Waals surface area contributed by atoms with Gasteiger partial charge in [0.25, 0.3) is 0 Å². The van der Waals surface area contributed by atoms with Crippen LogP contribution in [0.3, 0.4) is 0 Å². The largest absolute Gasteiger partial charge is 0.464 e. The topological polar surface area (TPSA) is 46.6 Å². The molecule has 2 rings (SSSR count). The van der Waals surface area contributed by atoms with Gasteiger partial charge in [0.15, 0.2) is 0 Å². The van der Waals surface area contributed by atoms with Gasteiger partial charge in [0.2, 0.25) is 5.91 Å². The summed E-state index contributed by atoms with van der Waals surface area (Å²) in [5.74, 6) is 1.83. The second-order valence-electron chi connectivity index (χ2n) is 7.59. The van der Waals surface area contributed by atoms with Gasteiger partial charge in [-0.3, -0.25) is 4.79 Å². The lowest BCUT2D eigenvalue weighted by Crippen LogP contribution is -2.46. The third-order valence-corrected chi connectivity index (χ3v) is 6.33. The summed E-state index contributed by atoms with van der Waals surface area (Å²) in [5, 5.41) is 0.125. The number of hydrogen-bond acceptors (Lipinski definition) is 4. The van der Waals surface area contributed by atoms with Crippen LogP contribution in [0.4, 0.5) is 0 Å². The quantitative estimate of drug-likeness (QED) is 0.611. The lowest BCUT2D eigenvalue weighted by Gasteiger charge is -2.29. The van der Waals surface area contributed by atoms with E-state index in [4.69, 9.17) is 4.74 Å². The summed E-state index contributed by atoms with van der Waals surface area (Å²) in [5.41, 5.74) is 0. The van der Waals surface area contributed by atoms with E-state index in [0.717, 1.165) is 19.3 Å². The van der Waals surface area contributed by atoms with E-state index in [1.807, 2.05) is 11.8 Å². The lowest BCUT2D eigenvalue weighted by molar-refractivity contribution is -0.154. The third kappa shape index (κ3) is 5.40. The molecule has 1 aliphatic heterocycles. The van der Waals surface area contributed by atoms with Crippen molar-refractivity contribution >= 4 is 23.6 Å². The van der Waals surface area contributed by atoms with Crippen molar-refractivity contribution < 1.29 is 14.3 Å². The molecule has 2 aliphatic rings. The minimum atomic E-state index is -0.388. The maximum absolute atomic E-state index is 12.9. The molecule has 1 saturated carbocycles. The highest BCUT2D eigenvalue weighted by atomic mass is 32.2. The monoisotopic (exact) mass is 355 g/mol. The zero-order chi connectivity index (χ0) is 17.5. The van der Waals surface area contributed by atoms with E-state index in [2.05, 4.69) is 13.8 Å². The van der Waals surface area contributed by atoms with Crippen LogP contribution in [0.25, 0.3) is 0 Å². The fourth-order valence-corrected chi connectivity index (χ4v) is 5.37. The Hall–Kier alpha value is -0.710. The van der Waals surface area contributed by atoms with Crippen molar-refractivity contribution in [1.82, 2.24) is 4.90 Å². The maximum Gasteiger partial charge on any atom is 0.329 e. The van der Waals surface area contributed by atoms with E-state index in [9.17, 15) is 9.59 Å². The van der Waals surface area contributed by atoms with Gasteiger partial charge in [-0.05, 0) is 31.1 Å². The van der Waals surface area contributed by atoms with Gasteiger partial charge >= 0.3 is 5.97 Å². The summed E-state index contributed by atoms with van der Waals surface area (Å²) in [4.78, 5) is 27.1. The van der Waals surface area contributed by atoms with E-state index in [1.54, 1.807) is 11.8 Å². The van der Waals surface area contributed by atoms with E-state index in [1.165, 1.54) is 25.7 Å². The lowest BCUT2D eigenvalue weighted by atomic mass is 10.0. The average Bonchev–Trinajstić information content (AvgIpc) is 3.19. The fraction of sp³-hybridized carbons (Fsp3) is 0.895. The molecule has 4 nitrogen and oxygen atoms in total. The zero-order valence-corrected chi connectivity index (χ0v) is 16.3. The van der Waals surface area contributed by atoms with Crippen molar-refractivity contribution in [2.75, 3.05) is 12.4 Å². The molecule has 1 aliphatic carbocycles. The molecule has 0 N–H and O–H groups in total. The summed E-state index contributed by atoms with van der Waals surface area (Å²) >= 11 is 1.74. The maximum atomic E-state index is 12.9. The van der Waals surface area contributed by atoms with E-state index in [-0.39, 0.29) is 23.3 Å². The van der Waals surface area contributed by atoms with Gasteiger partial charge in [-0.15, -0.1) is 11.8 Å². The normalized spacial score (nSPS) is 24.8. The van der Waals surface area contributed by atoms with Gasteiger partial charge in [-0.25, -0.2) is 4.79 Å². The number of carbonyl (C=O) groups is 2. The Kier molecular flexibility index (Phi) is 7.92. The van der Waals surface area contributed by atoms with Gasteiger partial charge in [-0.2, -0.15) is 0 Å². The number of esters is 1. The van der Waals surface area contributed by atoms with Gasteiger partial charge in [0.1, 0.15) is 6.04 Å². The van der Waals surface area contributed by atoms with Gasteiger partial charge < -0.3 is 9.64 Å². The minimum Gasteiger partial charge on any atom is -0.464 e. The Labute approximate surface area is 151 Å². The molecular formula is C19H33NO3S. The number of rotatable bonds is 8. The number of hydrogen-bond donors (Lipinski definition) is 0. The highest BCUT2D eigenvalue weighted by Gasteiger charge is 2.42. The number of nitrogens with zero attached hydrogens (tertiary/aromatic N) is 1. The molecule has 5 heteroatoms. The smallest absolute Gasteiger partial charge is 0.329 e. The first-order chi connectivity index (χ1) is 11.5. The highest BCUT2D eigenvalue weighted by molar-refractivity contribution is 8.00. The molecule has 2 fully saturated rings. The summed E-state index contributed by atoms with van der Waals surface area (Å²) < 4.78 is 5.34. The summed E-state index contributed by atoms with van der Waals surface area (Å²) in [6, 6.07) is -0.388. The van der Waals surface area contributed by atoms with Crippen molar-refractivity contribution in [3.05, 3.63) is 0 Å². The summed E-state index contributed by atoms with van der Waals surface area (Å²) in [6.45, 7) is 6.77. The Morgan fingerprint density at radius 2 is 1.96 bits per heavy atom. The predicted octanol–water partition coefficient (Wildman–Crippen LogP) is 4.23. The fourth-order valence-electron chi connectivity index (χ4n) is 3.72. The first-order valence-electron chi connectivity index (χ1n) is 9.62.